The van der Waals surface area contributed by atoms with Gasteiger partial charge in [0.05, 0.1) is 10.3 Å². The van der Waals surface area contributed by atoms with E-state index in [1.165, 1.54) is 30.8 Å². The van der Waals surface area contributed by atoms with Crippen molar-refractivity contribution in [1.29, 1.82) is 0 Å². The molecule has 204 valence electrons. The number of ether oxygens (including phenoxy) is 1. The van der Waals surface area contributed by atoms with Crippen LogP contribution < -0.4 is 5.73 Å². The third-order valence-electron chi connectivity index (χ3n) is 4.79. The van der Waals surface area contributed by atoms with Crippen LogP contribution in [0.2, 0.25) is 0 Å². The first-order valence-corrected chi connectivity index (χ1v) is 12.9. The van der Waals surface area contributed by atoms with Crippen molar-refractivity contribution >= 4 is 45.7 Å². The topological polar surface area (TPSA) is 202 Å². The molecule has 2 atom stereocenters. The van der Waals surface area contributed by atoms with E-state index in [1.807, 2.05) is 6.92 Å². The van der Waals surface area contributed by atoms with Crippen LogP contribution in [-0.2, 0) is 34.0 Å². The van der Waals surface area contributed by atoms with E-state index in [1.54, 1.807) is 32.9 Å². The number of esters is 1. The summed E-state index contributed by atoms with van der Waals surface area (Å²) in [7, 11) is -4.02. The maximum atomic E-state index is 11.7. The summed E-state index contributed by atoms with van der Waals surface area (Å²) < 4.78 is 34.3. The molecule has 2 heterocycles. The Hall–Kier alpha value is -3.20. The van der Waals surface area contributed by atoms with Gasteiger partial charge in [0.2, 0.25) is 5.91 Å². The second kappa shape index (κ2) is 12.4. The van der Waals surface area contributed by atoms with E-state index in [0.29, 0.717) is 4.91 Å². The molecule has 0 spiro atoms. The lowest BCUT2D eigenvalue weighted by Gasteiger charge is -2.48. The lowest BCUT2D eigenvalue weighted by Crippen LogP contribution is -2.68. The molecule has 14 heteroatoms. The number of rotatable bonds is 4. The number of hydrogen-bond acceptors (Lipinski definition) is 9. The van der Waals surface area contributed by atoms with Gasteiger partial charge in [-0.15, -0.1) is 0 Å². The number of nitrogens with zero attached hydrogens (tertiary/aromatic N) is 1. The van der Waals surface area contributed by atoms with Crippen LogP contribution in [-0.4, -0.2) is 69.9 Å². The number of hydrogen-bond donors (Lipinski definition) is 4. The molecule has 2 aliphatic rings. The van der Waals surface area contributed by atoms with Crippen LogP contribution in [0, 0.1) is 12.3 Å². The van der Waals surface area contributed by atoms with Crippen LogP contribution >= 0.6 is 11.8 Å². The van der Waals surface area contributed by atoms with Gasteiger partial charge in [-0.2, -0.15) is 8.42 Å². The number of fused-ring (bicyclic) bond motifs is 1. The minimum atomic E-state index is -4.02. The molecule has 1 aromatic rings. The molecule has 0 aromatic heterocycles. The quantitative estimate of drug-likeness (QED) is 0.238. The molecular weight excluding hydrogens is 528 g/mol. The molecule has 1 amide bonds. The van der Waals surface area contributed by atoms with Gasteiger partial charge >= 0.3 is 17.9 Å². The standard InChI is InChI=1S/C11H12N2O5S.C7H8O3S.C5H10O2/c1-4-6(3-18-5(2)14)8(11(16)17)13-9(15)7(12)10(13)19-4;1-6-2-4-7(5-3-6)11(8,9)10;1-5(2,3)4(6)7/h7,10H,1,3,12H2,2H3,(H,16,17);2-5H,1H3,(H,8,9,10);1-3H3,(H,6,7)/t7-,10-;;/m1../s1. The molecule has 1 aromatic carbocycles. The van der Waals surface area contributed by atoms with Gasteiger partial charge in [-0.3, -0.25) is 23.8 Å². The first-order valence-electron chi connectivity index (χ1n) is 10.6. The van der Waals surface area contributed by atoms with Crippen molar-refractivity contribution in [2.75, 3.05) is 6.61 Å². The second-order valence-corrected chi connectivity index (χ2v) is 11.6. The predicted molar refractivity (Wildman–Crippen MR) is 135 cm³/mol. The normalized spacial score (nSPS) is 18.8. The molecule has 2 aliphatic heterocycles. The summed E-state index contributed by atoms with van der Waals surface area (Å²) >= 11 is 1.20. The number of carbonyl (C=O) groups is 4. The molecule has 1 fully saturated rings. The molecule has 12 nitrogen and oxygen atoms in total. The summed E-state index contributed by atoms with van der Waals surface area (Å²) in [4.78, 5) is 45.3. The van der Waals surface area contributed by atoms with Crippen LogP contribution in [0.5, 0.6) is 0 Å². The third kappa shape index (κ3) is 8.70. The Kier molecular flexibility index (Phi) is 10.6. The number of aliphatic carboxylic acids is 2. The van der Waals surface area contributed by atoms with Gasteiger partial charge in [0.15, 0.2) is 0 Å². The molecule has 0 saturated carbocycles. The summed E-state index contributed by atoms with van der Waals surface area (Å²) in [6.07, 6.45) is 0. The zero-order valence-corrected chi connectivity index (χ0v) is 22.6. The van der Waals surface area contributed by atoms with Gasteiger partial charge in [0.25, 0.3) is 10.1 Å². The highest BCUT2D eigenvalue weighted by Crippen LogP contribution is 2.45. The van der Waals surface area contributed by atoms with E-state index < -0.39 is 50.8 Å². The van der Waals surface area contributed by atoms with Gasteiger partial charge in [-0.05, 0) is 39.8 Å². The SMILES string of the molecule is C=C1S[C@@H]2[C@H](N)C(=O)N2C(C(=O)O)=C1COC(C)=O.CC(C)(C)C(=O)O.Cc1ccc(S(=O)(=O)O)cc1. The highest BCUT2D eigenvalue weighted by molar-refractivity contribution is 8.04. The van der Waals surface area contributed by atoms with E-state index in [2.05, 4.69) is 6.58 Å². The minimum Gasteiger partial charge on any atom is -0.481 e. The zero-order chi connectivity index (χ0) is 28.9. The number of carbonyl (C=O) groups excluding carboxylic acids is 2. The highest BCUT2D eigenvalue weighted by atomic mass is 32.2. The lowest BCUT2D eigenvalue weighted by molar-refractivity contribution is -0.148. The van der Waals surface area contributed by atoms with Crippen molar-refractivity contribution in [3.8, 4) is 0 Å². The number of β-lactam (4-membered cyclic amide) rings is 1. The Morgan fingerprint density at radius 2 is 1.65 bits per heavy atom. The van der Waals surface area contributed by atoms with Gasteiger partial charge in [-0.25, -0.2) is 4.79 Å². The number of thioether (sulfide) groups is 1. The number of amides is 1. The Morgan fingerprint density at radius 3 is 2.03 bits per heavy atom. The van der Waals surface area contributed by atoms with Gasteiger partial charge in [0, 0.05) is 17.4 Å². The fraction of sp³-hybridized carbons (Fsp3) is 0.391. The summed E-state index contributed by atoms with van der Waals surface area (Å²) in [5.41, 5.74) is 6.01. The molecule has 5 N–H and O–H groups in total. The van der Waals surface area contributed by atoms with E-state index in [0.717, 1.165) is 10.5 Å². The zero-order valence-electron chi connectivity index (χ0n) is 20.9. The maximum absolute atomic E-state index is 11.7. The van der Waals surface area contributed by atoms with Crippen LogP contribution in [0.4, 0.5) is 0 Å². The number of nitrogens with two attached hydrogens (primary N) is 1. The average molecular weight is 559 g/mol. The van der Waals surface area contributed by atoms with Crippen molar-refractivity contribution < 1.29 is 47.1 Å². The Bertz CT molecular complexity index is 1210. The lowest BCUT2D eigenvalue weighted by atomic mass is 9.98. The van der Waals surface area contributed by atoms with E-state index in [-0.39, 0.29) is 22.8 Å². The van der Waals surface area contributed by atoms with Crippen LogP contribution in [0.3, 0.4) is 0 Å². The molecule has 0 bridgehead atoms. The number of aryl methyl sites for hydroxylation is 1. The Labute approximate surface area is 218 Å². The molecule has 0 unspecified atom stereocenters. The van der Waals surface area contributed by atoms with Crippen molar-refractivity contribution in [2.24, 2.45) is 11.1 Å². The predicted octanol–water partition coefficient (Wildman–Crippen LogP) is 2.00. The van der Waals surface area contributed by atoms with Crippen molar-refractivity contribution in [2.45, 2.75) is 50.9 Å². The maximum Gasteiger partial charge on any atom is 0.353 e. The number of carboxylic acid groups (broad SMARTS) is 2. The van der Waals surface area contributed by atoms with E-state index in [4.69, 9.17) is 20.1 Å². The average Bonchev–Trinajstić information content (AvgIpc) is 2.76. The van der Waals surface area contributed by atoms with Gasteiger partial charge < -0.3 is 20.7 Å². The minimum absolute atomic E-state index is 0.0666. The van der Waals surface area contributed by atoms with Gasteiger partial charge in [-0.1, -0.05) is 36.0 Å². The number of carboxylic acids is 2. The van der Waals surface area contributed by atoms with Crippen LogP contribution in [0.1, 0.15) is 33.3 Å². The molecule has 37 heavy (non-hydrogen) atoms. The largest absolute Gasteiger partial charge is 0.481 e. The van der Waals surface area contributed by atoms with Gasteiger partial charge in [0.1, 0.15) is 23.7 Å². The summed E-state index contributed by atoms with van der Waals surface area (Å²) in [6, 6.07) is 5.26. The van der Waals surface area contributed by atoms with Crippen molar-refractivity contribution in [1.82, 2.24) is 4.90 Å². The second-order valence-electron chi connectivity index (χ2n) is 8.92. The molecule has 0 aliphatic carbocycles. The van der Waals surface area contributed by atoms with Crippen molar-refractivity contribution in [3.63, 3.8) is 0 Å². The van der Waals surface area contributed by atoms with Crippen LogP contribution in [0.15, 0.2) is 51.9 Å². The highest BCUT2D eigenvalue weighted by Gasteiger charge is 2.52. The molecular formula is C23H30N2O10S2. The van der Waals surface area contributed by atoms with Crippen LogP contribution in [0.25, 0.3) is 0 Å². The molecule has 0 radical (unpaired) electrons. The molecule has 1 saturated heterocycles. The van der Waals surface area contributed by atoms with E-state index >= 15 is 0 Å². The fourth-order valence-electron chi connectivity index (χ4n) is 2.61. The Morgan fingerprint density at radius 1 is 1.16 bits per heavy atom. The first kappa shape index (κ1) is 31.8. The molecule has 3 rings (SSSR count). The fourth-order valence-corrected chi connectivity index (χ4v) is 4.26. The summed E-state index contributed by atoms with van der Waals surface area (Å²) in [5, 5.41) is 17.0. The third-order valence-corrected chi connectivity index (χ3v) is 6.94. The number of benzene rings is 1. The van der Waals surface area contributed by atoms with E-state index in [9.17, 15) is 32.7 Å². The first-order chi connectivity index (χ1) is 16.8. The summed E-state index contributed by atoms with van der Waals surface area (Å²) in [5.74, 6) is -3.02. The summed E-state index contributed by atoms with van der Waals surface area (Å²) in [6.45, 7) is 11.6. The van der Waals surface area contributed by atoms with Crippen molar-refractivity contribution in [3.05, 3.63) is 52.6 Å². The Balaban J connectivity index is 0.000000321. The monoisotopic (exact) mass is 558 g/mol. The smallest absolute Gasteiger partial charge is 0.353 e.